The lowest BCUT2D eigenvalue weighted by molar-refractivity contribution is -0.119. The SMILES string of the molecule is CC(C)NS(=O)(=O)c1ccc(NC2CNC(=O)C2)cc1. The molecule has 1 aromatic carbocycles. The van der Waals surface area contributed by atoms with Gasteiger partial charge in [-0.15, -0.1) is 0 Å². The van der Waals surface area contributed by atoms with E-state index in [0.717, 1.165) is 5.69 Å². The fraction of sp³-hybridized carbons (Fsp3) is 0.462. The van der Waals surface area contributed by atoms with E-state index in [-0.39, 0.29) is 22.9 Å². The molecule has 1 heterocycles. The summed E-state index contributed by atoms with van der Waals surface area (Å²) in [5.74, 6) is 0.0304. The molecular weight excluding hydrogens is 278 g/mol. The van der Waals surface area contributed by atoms with Crippen molar-refractivity contribution in [2.24, 2.45) is 0 Å². The molecule has 1 aliphatic heterocycles. The molecule has 1 unspecified atom stereocenters. The lowest BCUT2D eigenvalue weighted by Crippen LogP contribution is -2.30. The highest BCUT2D eigenvalue weighted by Crippen LogP contribution is 2.16. The van der Waals surface area contributed by atoms with Crippen LogP contribution >= 0.6 is 0 Å². The summed E-state index contributed by atoms with van der Waals surface area (Å²) in [4.78, 5) is 11.3. The van der Waals surface area contributed by atoms with Gasteiger partial charge in [-0.2, -0.15) is 0 Å². The molecule has 0 aliphatic carbocycles. The van der Waals surface area contributed by atoms with Gasteiger partial charge in [-0.3, -0.25) is 4.79 Å². The first-order chi connectivity index (χ1) is 9.37. The fourth-order valence-corrected chi connectivity index (χ4v) is 3.30. The molecule has 1 saturated heterocycles. The number of anilines is 1. The molecule has 0 spiro atoms. The topological polar surface area (TPSA) is 87.3 Å². The molecule has 0 bridgehead atoms. The predicted molar refractivity (Wildman–Crippen MR) is 76.9 cm³/mol. The summed E-state index contributed by atoms with van der Waals surface area (Å²) in [5.41, 5.74) is 0.801. The maximum atomic E-state index is 12.0. The van der Waals surface area contributed by atoms with E-state index >= 15 is 0 Å². The molecule has 6 nitrogen and oxygen atoms in total. The van der Waals surface area contributed by atoms with Crippen LogP contribution in [0.3, 0.4) is 0 Å². The van der Waals surface area contributed by atoms with Gasteiger partial charge in [-0.1, -0.05) is 0 Å². The van der Waals surface area contributed by atoms with E-state index in [0.29, 0.717) is 13.0 Å². The monoisotopic (exact) mass is 297 g/mol. The minimum Gasteiger partial charge on any atom is -0.380 e. The molecule has 1 fully saturated rings. The van der Waals surface area contributed by atoms with Gasteiger partial charge in [0.1, 0.15) is 0 Å². The average Bonchev–Trinajstić information content (AvgIpc) is 2.74. The highest BCUT2D eigenvalue weighted by molar-refractivity contribution is 7.89. The molecule has 20 heavy (non-hydrogen) atoms. The molecule has 2 rings (SSSR count). The molecule has 1 amide bonds. The number of nitrogens with one attached hydrogen (secondary N) is 3. The van der Waals surface area contributed by atoms with Crippen LogP contribution in [-0.4, -0.2) is 33.0 Å². The molecule has 1 atom stereocenters. The van der Waals surface area contributed by atoms with Gasteiger partial charge in [0.05, 0.1) is 10.9 Å². The third-order valence-corrected chi connectivity index (χ3v) is 4.58. The summed E-state index contributed by atoms with van der Waals surface area (Å²) < 4.78 is 26.4. The summed E-state index contributed by atoms with van der Waals surface area (Å²) in [6, 6.07) is 6.43. The van der Waals surface area contributed by atoms with E-state index in [9.17, 15) is 13.2 Å². The van der Waals surface area contributed by atoms with Crippen molar-refractivity contribution >= 4 is 21.6 Å². The molecule has 0 saturated carbocycles. The van der Waals surface area contributed by atoms with Crippen molar-refractivity contribution in [3.8, 4) is 0 Å². The molecule has 7 heteroatoms. The van der Waals surface area contributed by atoms with Crippen LogP contribution < -0.4 is 15.4 Å². The fourth-order valence-electron chi connectivity index (χ4n) is 2.05. The van der Waals surface area contributed by atoms with Crippen LogP contribution in [0.4, 0.5) is 5.69 Å². The Kier molecular flexibility index (Phi) is 4.29. The highest BCUT2D eigenvalue weighted by atomic mass is 32.2. The van der Waals surface area contributed by atoms with E-state index in [2.05, 4.69) is 15.4 Å². The molecule has 0 radical (unpaired) electrons. The number of hydrogen-bond donors (Lipinski definition) is 3. The van der Waals surface area contributed by atoms with Crippen molar-refractivity contribution in [2.75, 3.05) is 11.9 Å². The minimum atomic E-state index is -3.46. The number of carbonyl (C=O) groups excluding carboxylic acids is 1. The van der Waals surface area contributed by atoms with Crippen molar-refractivity contribution < 1.29 is 13.2 Å². The van der Waals surface area contributed by atoms with E-state index in [1.165, 1.54) is 0 Å². The summed E-state index contributed by atoms with van der Waals surface area (Å²) in [5, 5.41) is 5.93. The maximum absolute atomic E-state index is 12.0. The third-order valence-electron chi connectivity index (χ3n) is 2.90. The first-order valence-corrected chi connectivity index (χ1v) is 8.01. The summed E-state index contributed by atoms with van der Waals surface area (Å²) in [6.07, 6.45) is 0.439. The Morgan fingerprint density at radius 2 is 1.90 bits per heavy atom. The molecule has 1 aliphatic rings. The molecule has 110 valence electrons. The van der Waals surface area contributed by atoms with Gasteiger partial charge in [0, 0.05) is 24.7 Å². The standard InChI is InChI=1S/C13H19N3O3S/c1-9(2)16-20(18,19)12-5-3-10(4-6-12)15-11-7-13(17)14-8-11/h3-6,9,11,15-16H,7-8H2,1-2H3,(H,14,17). The van der Waals surface area contributed by atoms with Crippen LogP contribution in [0.2, 0.25) is 0 Å². The van der Waals surface area contributed by atoms with Crippen molar-refractivity contribution in [3.63, 3.8) is 0 Å². The Labute approximate surface area is 119 Å². The molecule has 0 aromatic heterocycles. The second kappa shape index (κ2) is 5.80. The second-order valence-electron chi connectivity index (χ2n) is 5.15. The zero-order valence-corrected chi connectivity index (χ0v) is 12.3. The second-order valence-corrected chi connectivity index (χ2v) is 6.86. The van der Waals surface area contributed by atoms with Crippen molar-refractivity contribution in [2.45, 2.75) is 37.2 Å². The van der Waals surface area contributed by atoms with Gasteiger partial charge < -0.3 is 10.6 Å². The number of carbonyl (C=O) groups is 1. The van der Waals surface area contributed by atoms with Crippen LogP contribution in [0.1, 0.15) is 20.3 Å². The van der Waals surface area contributed by atoms with Crippen LogP contribution in [0.15, 0.2) is 29.2 Å². The lowest BCUT2D eigenvalue weighted by atomic mass is 10.2. The Morgan fingerprint density at radius 1 is 1.25 bits per heavy atom. The quantitative estimate of drug-likeness (QED) is 0.745. The van der Waals surface area contributed by atoms with Gasteiger partial charge >= 0.3 is 0 Å². The number of benzene rings is 1. The third kappa shape index (κ3) is 3.71. The first kappa shape index (κ1) is 14.8. The number of hydrogen-bond acceptors (Lipinski definition) is 4. The largest absolute Gasteiger partial charge is 0.380 e. The Bertz CT molecular complexity index is 581. The smallest absolute Gasteiger partial charge is 0.240 e. The highest BCUT2D eigenvalue weighted by Gasteiger charge is 2.21. The Morgan fingerprint density at radius 3 is 2.40 bits per heavy atom. The minimum absolute atomic E-state index is 0.0304. The van der Waals surface area contributed by atoms with Crippen LogP contribution in [0.5, 0.6) is 0 Å². The van der Waals surface area contributed by atoms with Crippen LogP contribution in [0, 0.1) is 0 Å². The maximum Gasteiger partial charge on any atom is 0.240 e. The Balaban J connectivity index is 2.04. The van der Waals surface area contributed by atoms with Gasteiger partial charge in [0.15, 0.2) is 0 Å². The summed E-state index contributed by atoms with van der Waals surface area (Å²) in [7, 11) is -3.46. The number of amides is 1. The van der Waals surface area contributed by atoms with E-state index in [1.807, 2.05) is 0 Å². The van der Waals surface area contributed by atoms with Gasteiger partial charge in [-0.05, 0) is 38.1 Å². The number of rotatable bonds is 5. The number of sulfonamides is 1. The first-order valence-electron chi connectivity index (χ1n) is 6.52. The van der Waals surface area contributed by atoms with E-state index < -0.39 is 10.0 Å². The van der Waals surface area contributed by atoms with Gasteiger partial charge in [0.25, 0.3) is 0 Å². The zero-order valence-electron chi connectivity index (χ0n) is 11.5. The zero-order chi connectivity index (χ0) is 14.8. The molecule has 3 N–H and O–H groups in total. The van der Waals surface area contributed by atoms with Crippen LogP contribution in [-0.2, 0) is 14.8 Å². The van der Waals surface area contributed by atoms with Gasteiger partial charge in [-0.25, -0.2) is 13.1 Å². The Hall–Kier alpha value is -1.60. The van der Waals surface area contributed by atoms with Crippen molar-refractivity contribution in [1.82, 2.24) is 10.0 Å². The lowest BCUT2D eigenvalue weighted by Gasteiger charge is -2.13. The predicted octanol–water partition coefficient (Wildman–Crippen LogP) is 0.674. The van der Waals surface area contributed by atoms with Crippen molar-refractivity contribution in [3.05, 3.63) is 24.3 Å². The molecular formula is C13H19N3O3S. The van der Waals surface area contributed by atoms with Crippen LogP contribution in [0.25, 0.3) is 0 Å². The van der Waals surface area contributed by atoms with Crippen molar-refractivity contribution in [1.29, 1.82) is 0 Å². The average molecular weight is 297 g/mol. The normalized spacial score (nSPS) is 19.1. The summed E-state index contributed by atoms with van der Waals surface area (Å²) >= 11 is 0. The molecule has 1 aromatic rings. The van der Waals surface area contributed by atoms with Gasteiger partial charge in [0.2, 0.25) is 15.9 Å². The van der Waals surface area contributed by atoms with E-state index in [1.54, 1.807) is 38.1 Å². The summed E-state index contributed by atoms with van der Waals surface area (Å²) in [6.45, 7) is 4.14. The van der Waals surface area contributed by atoms with E-state index in [4.69, 9.17) is 0 Å².